The first kappa shape index (κ1) is 13.6. The molecule has 1 aliphatic rings. The van der Waals surface area contributed by atoms with Crippen LogP contribution in [-0.2, 0) is 9.53 Å². The van der Waals surface area contributed by atoms with E-state index in [0.717, 1.165) is 41.1 Å². The predicted octanol–water partition coefficient (Wildman–Crippen LogP) is 3.70. The number of esters is 1. The van der Waals surface area contributed by atoms with Crippen molar-refractivity contribution in [3.63, 3.8) is 0 Å². The minimum absolute atomic E-state index is 0.0652. The van der Waals surface area contributed by atoms with Gasteiger partial charge in [-0.1, -0.05) is 15.9 Å². The van der Waals surface area contributed by atoms with Gasteiger partial charge in [-0.05, 0) is 43.9 Å². The molecule has 3 rings (SSSR count). The predicted molar refractivity (Wildman–Crippen MR) is 80.4 cm³/mol. The van der Waals surface area contributed by atoms with Crippen LogP contribution in [0.4, 0.5) is 0 Å². The lowest BCUT2D eigenvalue weighted by atomic mass is 9.86. The van der Waals surface area contributed by atoms with Crippen molar-refractivity contribution in [3.8, 4) is 0 Å². The Morgan fingerprint density at radius 2 is 2.10 bits per heavy atom. The van der Waals surface area contributed by atoms with Gasteiger partial charge in [-0.2, -0.15) is 5.10 Å². The van der Waals surface area contributed by atoms with Crippen molar-refractivity contribution in [2.24, 2.45) is 5.92 Å². The fraction of sp³-hybridized carbons (Fsp3) is 0.467. The highest BCUT2D eigenvalue weighted by Gasteiger charge is 2.28. The lowest BCUT2D eigenvalue weighted by molar-refractivity contribution is -0.146. The van der Waals surface area contributed by atoms with E-state index in [1.807, 2.05) is 12.1 Å². The van der Waals surface area contributed by atoms with Crippen molar-refractivity contribution in [2.45, 2.75) is 31.7 Å². The standard InChI is InChI=1S/C15H17BrN2O2/c1-20-15(19)10-2-5-13(6-3-10)18-9-11-8-12(16)4-7-14(11)17-18/h4,7-10,13H,2-3,5-6H2,1H3. The Morgan fingerprint density at radius 3 is 2.80 bits per heavy atom. The van der Waals surface area contributed by atoms with Crippen molar-refractivity contribution in [1.82, 2.24) is 9.78 Å². The fourth-order valence-corrected chi connectivity index (χ4v) is 3.32. The number of nitrogens with zero attached hydrogens (tertiary/aromatic N) is 2. The van der Waals surface area contributed by atoms with Gasteiger partial charge in [0.25, 0.3) is 0 Å². The Bertz CT molecular complexity index is 630. The SMILES string of the molecule is COC(=O)C1CCC(n2cc3cc(Br)ccc3n2)CC1. The zero-order valence-corrected chi connectivity index (χ0v) is 13.0. The highest BCUT2D eigenvalue weighted by Crippen LogP contribution is 2.33. The quantitative estimate of drug-likeness (QED) is 0.785. The molecule has 0 N–H and O–H groups in total. The Hall–Kier alpha value is -1.36. The van der Waals surface area contributed by atoms with Crippen molar-refractivity contribution in [3.05, 3.63) is 28.9 Å². The van der Waals surface area contributed by atoms with Crippen molar-refractivity contribution in [1.29, 1.82) is 0 Å². The molecule has 1 fully saturated rings. The van der Waals surface area contributed by atoms with Gasteiger partial charge in [0.2, 0.25) is 0 Å². The van der Waals surface area contributed by atoms with E-state index < -0.39 is 0 Å². The molecule has 0 aliphatic heterocycles. The maximum absolute atomic E-state index is 11.5. The third-order valence-corrected chi connectivity index (χ3v) is 4.58. The monoisotopic (exact) mass is 336 g/mol. The first-order valence-electron chi connectivity index (χ1n) is 6.89. The molecule has 1 aliphatic carbocycles. The minimum Gasteiger partial charge on any atom is -0.469 e. The van der Waals surface area contributed by atoms with Crippen LogP contribution in [0, 0.1) is 5.92 Å². The number of ether oxygens (including phenoxy) is 1. The van der Waals surface area contributed by atoms with Gasteiger partial charge in [0.15, 0.2) is 0 Å². The number of halogens is 1. The molecular formula is C15H17BrN2O2. The van der Waals surface area contributed by atoms with Gasteiger partial charge in [-0.15, -0.1) is 0 Å². The zero-order chi connectivity index (χ0) is 14.1. The summed E-state index contributed by atoms with van der Waals surface area (Å²) in [4.78, 5) is 11.5. The van der Waals surface area contributed by atoms with Crippen molar-refractivity contribution >= 4 is 32.8 Å². The first-order chi connectivity index (χ1) is 9.67. The van der Waals surface area contributed by atoms with Crippen LogP contribution in [-0.4, -0.2) is 22.9 Å². The number of hydrogen-bond acceptors (Lipinski definition) is 3. The molecule has 4 nitrogen and oxygen atoms in total. The summed E-state index contributed by atoms with van der Waals surface area (Å²) in [5.41, 5.74) is 1.02. The van der Waals surface area contributed by atoms with Crippen LogP contribution in [0.1, 0.15) is 31.7 Å². The molecule has 106 valence electrons. The van der Waals surface area contributed by atoms with Crippen LogP contribution in [0.15, 0.2) is 28.9 Å². The van der Waals surface area contributed by atoms with Crippen LogP contribution in [0.3, 0.4) is 0 Å². The molecule has 1 heterocycles. The maximum Gasteiger partial charge on any atom is 0.308 e. The second-order valence-corrected chi connectivity index (χ2v) is 6.26. The molecule has 0 spiro atoms. The second-order valence-electron chi connectivity index (χ2n) is 5.34. The van der Waals surface area contributed by atoms with E-state index >= 15 is 0 Å². The number of methoxy groups -OCH3 is 1. The molecule has 1 saturated carbocycles. The first-order valence-corrected chi connectivity index (χ1v) is 7.69. The highest BCUT2D eigenvalue weighted by molar-refractivity contribution is 9.10. The average Bonchev–Trinajstić information content (AvgIpc) is 2.89. The number of fused-ring (bicyclic) bond motifs is 1. The molecule has 0 amide bonds. The minimum atomic E-state index is -0.0713. The van der Waals surface area contributed by atoms with Gasteiger partial charge in [-0.25, -0.2) is 0 Å². The van der Waals surface area contributed by atoms with Crippen molar-refractivity contribution < 1.29 is 9.53 Å². The third kappa shape index (κ3) is 2.59. The average molecular weight is 337 g/mol. The Labute approximate surface area is 126 Å². The molecule has 20 heavy (non-hydrogen) atoms. The summed E-state index contributed by atoms with van der Waals surface area (Å²) in [6.45, 7) is 0. The van der Waals surface area contributed by atoms with Crippen molar-refractivity contribution in [2.75, 3.05) is 7.11 Å². The van der Waals surface area contributed by atoms with Crippen LogP contribution in [0.2, 0.25) is 0 Å². The normalized spacial score (nSPS) is 22.9. The molecule has 5 heteroatoms. The largest absolute Gasteiger partial charge is 0.469 e. The topological polar surface area (TPSA) is 44.1 Å². The summed E-state index contributed by atoms with van der Waals surface area (Å²) < 4.78 is 7.95. The number of benzene rings is 1. The van der Waals surface area contributed by atoms with E-state index in [9.17, 15) is 4.79 Å². The molecule has 0 bridgehead atoms. The Morgan fingerprint density at radius 1 is 1.35 bits per heavy atom. The summed E-state index contributed by atoms with van der Waals surface area (Å²) in [6, 6.07) is 6.50. The van der Waals surface area contributed by atoms with E-state index in [4.69, 9.17) is 4.74 Å². The van der Waals surface area contributed by atoms with Crippen LogP contribution < -0.4 is 0 Å². The molecular weight excluding hydrogens is 320 g/mol. The lowest BCUT2D eigenvalue weighted by Crippen LogP contribution is -2.24. The molecule has 0 unspecified atom stereocenters. The molecule has 0 radical (unpaired) electrons. The molecule has 1 aromatic heterocycles. The van der Waals surface area contributed by atoms with E-state index in [-0.39, 0.29) is 11.9 Å². The van der Waals surface area contributed by atoms with Crippen LogP contribution >= 0.6 is 15.9 Å². The molecule has 1 aromatic carbocycles. The number of rotatable bonds is 2. The molecule has 0 saturated heterocycles. The number of carbonyl (C=O) groups excluding carboxylic acids is 1. The van der Waals surface area contributed by atoms with Crippen LogP contribution in [0.25, 0.3) is 10.9 Å². The summed E-state index contributed by atoms with van der Waals surface area (Å²) >= 11 is 3.48. The van der Waals surface area contributed by atoms with E-state index in [2.05, 4.69) is 38.0 Å². The zero-order valence-electron chi connectivity index (χ0n) is 11.4. The summed E-state index contributed by atoms with van der Waals surface area (Å²) in [5, 5.41) is 5.79. The van der Waals surface area contributed by atoms with Gasteiger partial charge < -0.3 is 4.74 Å². The Balaban J connectivity index is 1.75. The number of hydrogen-bond donors (Lipinski definition) is 0. The van der Waals surface area contributed by atoms with Gasteiger partial charge in [0, 0.05) is 16.1 Å². The smallest absolute Gasteiger partial charge is 0.308 e. The maximum atomic E-state index is 11.5. The van der Waals surface area contributed by atoms with E-state index in [0.29, 0.717) is 6.04 Å². The molecule has 0 atom stereocenters. The van der Waals surface area contributed by atoms with Gasteiger partial charge in [0.05, 0.1) is 24.6 Å². The third-order valence-electron chi connectivity index (χ3n) is 4.09. The summed E-state index contributed by atoms with van der Waals surface area (Å²) in [5.74, 6) is -0.00613. The lowest BCUT2D eigenvalue weighted by Gasteiger charge is -2.26. The summed E-state index contributed by atoms with van der Waals surface area (Å²) in [7, 11) is 1.46. The highest BCUT2D eigenvalue weighted by atomic mass is 79.9. The van der Waals surface area contributed by atoms with E-state index in [1.54, 1.807) is 0 Å². The fourth-order valence-electron chi connectivity index (χ4n) is 2.95. The van der Waals surface area contributed by atoms with Gasteiger partial charge in [-0.3, -0.25) is 9.48 Å². The van der Waals surface area contributed by atoms with Gasteiger partial charge >= 0.3 is 5.97 Å². The summed E-state index contributed by atoms with van der Waals surface area (Å²) in [6.07, 6.45) is 5.83. The number of carbonyl (C=O) groups is 1. The van der Waals surface area contributed by atoms with E-state index in [1.165, 1.54) is 7.11 Å². The van der Waals surface area contributed by atoms with Gasteiger partial charge in [0.1, 0.15) is 0 Å². The van der Waals surface area contributed by atoms with Crippen LogP contribution in [0.5, 0.6) is 0 Å². The molecule has 2 aromatic rings. The second kappa shape index (κ2) is 5.56. The number of aromatic nitrogens is 2. The Kier molecular flexibility index (Phi) is 3.78.